The van der Waals surface area contributed by atoms with Crippen molar-refractivity contribution in [3.63, 3.8) is 0 Å². The summed E-state index contributed by atoms with van der Waals surface area (Å²) in [6.07, 6.45) is 6.53. The van der Waals surface area contributed by atoms with Crippen molar-refractivity contribution in [3.05, 3.63) is 11.9 Å². The zero-order chi connectivity index (χ0) is 19.9. The lowest BCUT2D eigenvalue weighted by atomic mass is 9.92. The molecule has 1 saturated carbocycles. The standard InChI is InChI=1S/C20H31N5O3/c1-20(2,3)28-19(27)23-8-6-14(7-9-23)10-18(26)24-11-16(12-24)25-13-17(21-22-25)15-4-5-15/h13-16H,4-12H2,1-3H3. The number of hydrogen-bond acceptors (Lipinski definition) is 5. The average Bonchev–Trinajstić information content (AvgIpc) is 3.31. The first-order chi connectivity index (χ1) is 13.3. The maximum absolute atomic E-state index is 12.6. The van der Waals surface area contributed by atoms with E-state index in [1.807, 2.05) is 30.4 Å². The number of rotatable bonds is 4. The largest absolute Gasteiger partial charge is 0.444 e. The van der Waals surface area contributed by atoms with Crippen LogP contribution in [-0.4, -0.2) is 68.6 Å². The van der Waals surface area contributed by atoms with Crippen LogP contribution in [0.15, 0.2) is 6.20 Å². The fourth-order valence-corrected chi connectivity index (χ4v) is 3.88. The highest BCUT2D eigenvalue weighted by Gasteiger charge is 2.36. The van der Waals surface area contributed by atoms with Crippen molar-refractivity contribution >= 4 is 12.0 Å². The lowest BCUT2D eigenvalue weighted by molar-refractivity contribution is -0.138. The van der Waals surface area contributed by atoms with Gasteiger partial charge < -0.3 is 14.5 Å². The second-order valence-corrected chi connectivity index (χ2v) is 9.47. The average molecular weight is 390 g/mol. The molecule has 0 bridgehead atoms. The van der Waals surface area contributed by atoms with Gasteiger partial charge in [0.15, 0.2) is 0 Å². The van der Waals surface area contributed by atoms with Crippen LogP contribution in [0.25, 0.3) is 0 Å². The summed E-state index contributed by atoms with van der Waals surface area (Å²) in [5, 5.41) is 8.49. The Hall–Kier alpha value is -2.12. The number of likely N-dealkylation sites (tertiary alicyclic amines) is 2. The molecular formula is C20H31N5O3. The monoisotopic (exact) mass is 389 g/mol. The molecule has 8 heteroatoms. The van der Waals surface area contributed by atoms with Crippen LogP contribution in [0.3, 0.4) is 0 Å². The van der Waals surface area contributed by atoms with E-state index < -0.39 is 5.60 Å². The summed E-state index contributed by atoms with van der Waals surface area (Å²) in [7, 11) is 0. The summed E-state index contributed by atoms with van der Waals surface area (Å²) in [5.74, 6) is 1.17. The van der Waals surface area contributed by atoms with E-state index in [-0.39, 0.29) is 18.0 Å². The molecule has 0 aromatic carbocycles. The van der Waals surface area contributed by atoms with Gasteiger partial charge in [0, 0.05) is 44.7 Å². The number of carbonyl (C=O) groups excluding carboxylic acids is 2. The van der Waals surface area contributed by atoms with E-state index in [4.69, 9.17) is 4.74 Å². The Morgan fingerprint density at radius 2 is 1.79 bits per heavy atom. The predicted octanol–water partition coefficient (Wildman–Crippen LogP) is 2.58. The minimum Gasteiger partial charge on any atom is -0.444 e. The van der Waals surface area contributed by atoms with E-state index >= 15 is 0 Å². The van der Waals surface area contributed by atoms with Crippen LogP contribution in [0.5, 0.6) is 0 Å². The lowest BCUT2D eigenvalue weighted by Gasteiger charge is -2.40. The number of aromatic nitrogens is 3. The summed E-state index contributed by atoms with van der Waals surface area (Å²) in [4.78, 5) is 28.4. The molecule has 2 saturated heterocycles. The second kappa shape index (κ2) is 7.37. The van der Waals surface area contributed by atoms with Crippen LogP contribution in [0.4, 0.5) is 4.79 Å². The third-order valence-corrected chi connectivity index (χ3v) is 5.84. The zero-order valence-electron chi connectivity index (χ0n) is 17.1. The van der Waals surface area contributed by atoms with Gasteiger partial charge in [0.25, 0.3) is 0 Å². The third-order valence-electron chi connectivity index (χ3n) is 5.84. The van der Waals surface area contributed by atoms with Gasteiger partial charge in [0.2, 0.25) is 5.91 Å². The summed E-state index contributed by atoms with van der Waals surface area (Å²) in [6, 6.07) is 0.262. The number of amides is 2. The molecule has 1 aliphatic carbocycles. The highest BCUT2D eigenvalue weighted by molar-refractivity contribution is 5.77. The molecule has 0 unspecified atom stereocenters. The van der Waals surface area contributed by atoms with Gasteiger partial charge in [-0.3, -0.25) is 4.79 Å². The van der Waals surface area contributed by atoms with Crippen molar-refractivity contribution in [1.82, 2.24) is 24.8 Å². The molecule has 2 amide bonds. The molecule has 0 radical (unpaired) electrons. The van der Waals surface area contributed by atoms with Crippen LogP contribution in [0, 0.1) is 5.92 Å². The summed E-state index contributed by atoms with van der Waals surface area (Å²) in [5.41, 5.74) is 0.628. The molecule has 0 N–H and O–H groups in total. The van der Waals surface area contributed by atoms with Gasteiger partial charge in [0.1, 0.15) is 5.60 Å². The van der Waals surface area contributed by atoms with Crippen molar-refractivity contribution < 1.29 is 14.3 Å². The minimum absolute atomic E-state index is 0.217. The van der Waals surface area contributed by atoms with Crippen LogP contribution in [0.1, 0.15) is 70.5 Å². The van der Waals surface area contributed by atoms with Gasteiger partial charge in [0.05, 0.1) is 11.7 Å². The molecule has 154 valence electrons. The van der Waals surface area contributed by atoms with Crippen LogP contribution in [0.2, 0.25) is 0 Å². The molecule has 3 heterocycles. The molecule has 2 aliphatic heterocycles. The predicted molar refractivity (Wildman–Crippen MR) is 103 cm³/mol. The highest BCUT2D eigenvalue weighted by Crippen LogP contribution is 2.39. The van der Waals surface area contributed by atoms with E-state index in [9.17, 15) is 9.59 Å². The Morgan fingerprint density at radius 3 is 2.39 bits per heavy atom. The first-order valence-corrected chi connectivity index (χ1v) is 10.5. The van der Waals surface area contributed by atoms with E-state index in [0.717, 1.165) is 31.6 Å². The van der Waals surface area contributed by atoms with Gasteiger partial charge in [-0.25, -0.2) is 9.48 Å². The smallest absolute Gasteiger partial charge is 0.410 e. The Morgan fingerprint density at radius 1 is 1.11 bits per heavy atom. The molecule has 3 fully saturated rings. The number of piperidine rings is 1. The third kappa shape index (κ3) is 4.47. The van der Waals surface area contributed by atoms with Crippen LogP contribution >= 0.6 is 0 Å². The van der Waals surface area contributed by atoms with Crippen molar-refractivity contribution in [2.45, 2.75) is 70.4 Å². The first kappa shape index (κ1) is 19.2. The van der Waals surface area contributed by atoms with Crippen molar-refractivity contribution in [3.8, 4) is 0 Å². The van der Waals surface area contributed by atoms with E-state index in [0.29, 0.717) is 31.3 Å². The van der Waals surface area contributed by atoms with E-state index in [1.54, 1.807) is 4.90 Å². The topological polar surface area (TPSA) is 80.6 Å². The van der Waals surface area contributed by atoms with Crippen LogP contribution in [-0.2, 0) is 9.53 Å². The normalized spacial score (nSPS) is 21.5. The minimum atomic E-state index is -0.471. The maximum atomic E-state index is 12.6. The van der Waals surface area contributed by atoms with E-state index in [1.165, 1.54) is 12.8 Å². The van der Waals surface area contributed by atoms with Gasteiger partial charge in [-0.2, -0.15) is 0 Å². The SMILES string of the molecule is CC(C)(C)OC(=O)N1CCC(CC(=O)N2CC(n3cc(C4CC4)nn3)C2)CC1. The van der Waals surface area contributed by atoms with Gasteiger partial charge in [-0.1, -0.05) is 5.21 Å². The number of ether oxygens (including phenoxy) is 1. The fraction of sp³-hybridized carbons (Fsp3) is 0.800. The van der Waals surface area contributed by atoms with Crippen molar-refractivity contribution in [2.75, 3.05) is 26.2 Å². The van der Waals surface area contributed by atoms with Crippen LogP contribution < -0.4 is 0 Å². The summed E-state index contributed by atoms with van der Waals surface area (Å²) in [6.45, 7) is 8.41. The summed E-state index contributed by atoms with van der Waals surface area (Å²) >= 11 is 0. The number of nitrogens with zero attached hydrogens (tertiary/aromatic N) is 5. The molecule has 0 spiro atoms. The summed E-state index contributed by atoms with van der Waals surface area (Å²) < 4.78 is 7.36. The first-order valence-electron chi connectivity index (χ1n) is 10.5. The molecule has 28 heavy (non-hydrogen) atoms. The molecule has 1 aromatic heterocycles. The Balaban J connectivity index is 1.18. The highest BCUT2D eigenvalue weighted by atomic mass is 16.6. The van der Waals surface area contributed by atoms with Gasteiger partial charge in [-0.15, -0.1) is 5.10 Å². The van der Waals surface area contributed by atoms with Gasteiger partial charge in [-0.05, 0) is 52.4 Å². The molecular weight excluding hydrogens is 358 g/mol. The van der Waals surface area contributed by atoms with Crippen molar-refractivity contribution in [2.24, 2.45) is 5.92 Å². The Labute approximate surface area is 166 Å². The molecule has 0 atom stereocenters. The van der Waals surface area contributed by atoms with Crippen molar-refractivity contribution in [1.29, 1.82) is 0 Å². The molecule has 8 nitrogen and oxygen atoms in total. The Bertz CT molecular complexity index is 722. The lowest BCUT2D eigenvalue weighted by Crippen LogP contribution is -2.51. The number of carbonyl (C=O) groups is 2. The molecule has 1 aromatic rings. The van der Waals surface area contributed by atoms with Gasteiger partial charge >= 0.3 is 6.09 Å². The maximum Gasteiger partial charge on any atom is 0.410 e. The van der Waals surface area contributed by atoms with E-state index in [2.05, 4.69) is 16.5 Å². The second-order valence-electron chi connectivity index (χ2n) is 9.47. The quantitative estimate of drug-likeness (QED) is 0.791. The molecule has 3 aliphatic rings. The fourth-order valence-electron chi connectivity index (χ4n) is 3.88. The number of hydrogen-bond donors (Lipinski definition) is 0. The zero-order valence-corrected chi connectivity index (χ0v) is 17.1. The Kier molecular flexibility index (Phi) is 5.05. The molecule has 4 rings (SSSR count).